The van der Waals surface area contributed by atoms with E-state index in [2.05, 4.69) is 10.1 Å². The molecule has 1 aromatic heterocycles. The Balaban J connectivity index is 1.85. The predicted octanol–water partition coefficient (Wildman–Crippen LogP) is 3.03. The fourth-order valence-corrected chi connectivity index (χ4v) is 2.01. The third-order valence-corrected chi connectivity index (χ3v) is 3.03. The van der Waals surface area contributed by atoms with Crippen molar-refractivity contribution in [2.24, 2.45) is 0 Å². The van der Waals surface area contributed by atoms with Crippen LogP contribution in [-0.2, 0) is 6.42 Å². The van der Waals surface area contributed by atoms with Crippen LogP contribution in [0.4, 0.5) is 0 Å². The molecule has 0 bridgehead atoms. The minimum atomic E-state index is -0.985. The summed E-state index contributed by atoms with van der Waals surface area (Å²) in [5.74, 6) is -0.0955. The predicted molar refractivity (Wildman–Crippen MR) is 75.9 cm³/mol. The highest BCUT2D eigenvalue weighted by atomic mass is 16.5. The largest absolute Gasteiger partial charge is 0.478 e. The first-order chi connectivity index (χ1) is 10.2. The van der Waals surface area contributed by atoms with Gasteiger partial charge in [0.15, 0.2) is 5.82 Å². The zero-order chi connectivity index (χ0) is 14.7. The Morgan fingerprint density at radius 3 is 2.67 bits per heavy atom. The second-order valence-electron chi connectivity index (χ2n) is 4.56. The molecule has 0 spiro atoms. The summed E-state index contributed by atoms with van der Waals surface area (Å²) >= 11 is 0. The zero-order valence-electron chi connectivity index (χ0n) is 11.1. The number of carboxylic acids is 1. The molecule has 0 saturated heterocycles. The van der Waals surface area contributed by atoms with Gasteiger partial charge in [0.05, 0.1) is 5.56 Å². The summed E-state index contributed by atoms with van der Waals surface area (Å²) in [6.45, 7) is 0. The Kier molecular flexibility index (Phi) is 3.47. The lowest BCUT2D eigenvalue weighted by Gasteiger charge is -1.97. The SMILES string of the molecule is O=C(O)c1cccc(-c2nc(Cc3ccccc3)no2)c1. The van der Waals surface area contributed by atoms with E-state index >= 15 is 0 Å². The molecule has 1 N–H and O–H groups in total. The molecule has 5 nitrogen and oxygen atoms in total. The number of carboxylic acid groups (broad SMARTS) is 1. The van der Waals surface area contributed by atoms with Crippen LogP contribution in [0.3, 0.4) is 0 Å². The van der Waals surface area contributed by atoms with Gasteiger partial charge < -0.3 is 9.63 Å². The minimum Gasteiger partial charge on any atom is -0.478 e. The van der Waals surface area contributed by atoms with Crippen molar-refractivity contribution in [3.8, 4) is 11.5 Å². The van der Waals surface area contributed by atoms with Crippen molar-refractivity contribution in [1.82, 2.24) is 10.1 Å². The van der Waals surface area contributed by atoms with E-state index in [4.69, 9.17) is 9.63 Å². The smallest absolute Gasteiger partial charge is 0.335 e. The van der Waals surface area contributed by atoms with Crippen LogP contribution in [0.2, 0.25) is 0 Å². The molecule has 21 heavy (non-hydrogen) atoms. The van der Waals surface area contributed by atoms with E-state index in [0.29, 0.717) is 23.7 Å². The van der Waals surface area contributed by atoms with Crippen LogP contribution in [0.5, 0.6) is 0 Å². The van der Waals surface area contributed by atoms with Crippen molar-refractivity contribution in [3.05, 3.63) is 71.5 Å². The quantitative estimate of drug-likeness (QED) is 0.795. The highest BCUT2D eigenvalue weighted by Crippen LogP contribution is 2.19. The van der Waals surface area contributed by atoms with Crippen molar-refractivity contribution < 1.29 is 14.4 Å². The fourth-order valence-electron chi connectivity index (χ4n) is 2.01. The molecule has 3 rings (SSSR count). The number of rotatable bonds is 4. The maximum atomic E-state index is 11.0. The topological polar surface area (TPSA) is 76.2 Å². The molecule has 0 saturated carbocycles. The van der Waals surface area contributed by atoms with Gasteiger partial charge in [-0.1, -0.05) is 41.6 Å². The summed E-state index contributed by atoms with van der Waals surface area (Å²) in [4.78, 5) is 15.3. The van der Waals surface area contributed by atoms with Gasteiger partial charge in [-0.15, -0.1) is 0 Å². The van der Waals surface area contributed by atoms with E-state index < -0.39 is 5.97 Å². The lowest BCUT2D eigenvalue weighted by atomic mass is 10.1. The van der Waals surface area contributed by atoms with Gasteiger partial charge in [0.1, 0.15) is 0 Å². The fraction of sp³-hybridized carbons (Fsp3) is 0.0625. The molecule has 5 heteroatoms. The number of aromatic carboxylic acids is 1. The molecule has 1 heterocycles. The summed E-state index contributed by atoms with van der Waals surface area (Å²) < 4.78 is 5.20. The van der Waals surface area contributed by atoms with Crippen molar-refractivity contribution in [2.45, 2.75) is 6.42 Å². The van der Waals surface area contributed by atoms with Crippen molar-refractivity contribution >= 4 is 5.97 Å². The van der Waals surface area contributed by atoms with Gasteiger partial charge in [0, 0.05) is 12.0 Å². The first kappa shape index (κ1) is 13.1. The number of benzene rings is 2. The number of hydrogen-bond donors (Lipinski definition) is 1. The van der Waals surface area contributed by atoms with Gasteiger partial charge in [-0.25, -0.2) is 4.79 Å². The van der Waals surface area contributed by atoms with E-state index in [0.717, 1.165) is 5.56 Å². The van der Waals surface area contributed by atoms with E-state index in [9.17, 15) is 4.79 Å². The Morgan fingerprint density at radius 1 is 1.10 bits per heavy atom. The van der Waals surface area contributed by atoms with Crippen molar-refractivity contribution in [3.63, 3.8) is 0 Å². The van der Waals surface area contributed by atoms with Gasteiger partial charge in [-0.2, -0.15) is 4.98 Å². The van der Waals surface area contributed by atoms with Crippen LogP contribution in [0.1, 0.15) is 21.7 Å². The molecular weight excluding hydrogens is 268 g/mol. The number of hydrogen-bond acceptors (Lipinski definition) is 4. The van der Waals surface area contributed by atoms with Crippen LogP contribution in [0.25, 0.3) is 11.5 Å². The summed E-state index contributed by atoms with van der Waals surface area (Å²) in [5.41, 5.74) is 1.88. The standard InChI is InChI=1S/C16H12N2O3/c19-16(20)13-8-4-7-12(10-13)15-17-14(18-21-15)9-11-5-2-1-3-6-11/h1-8,10H,9H2,(H,19,20). The van der Waals surface area contributed by atoms with E-state index in [1.54, 1.807) is 12.1 Å². The van der Waals surface area contributed by atoms with Crippen LogP contribution < -0.4 is 0 Å². The van der Waals surface area contributed by atoms with Gasteiger partial charge in [0.2, 0.25) is 0 Å². The monoisotopic (exact) mass is 280 g/mol. The number of aromatic nitrogens is 2. The molecular formula is C16H12N2O3. The lowest BCUT2D eigenvalue weighted by Crippen LogP contribution is -1.95. The lowest BCUT2D eigenvalue weighted by molar-refractivity contribution is 0.0697. The first-order valence-electron chi connectivity index (χ1n) is 6.42. The second-order valence-corrected chi connectivity index (χ2v) is 4.56. The summed E-state index contributed by atoms with van der Waals surface area (Å²) in [6.07, 6.45) is 0.572. The molecule has 2 aromatic carbocycles. The maximum Gasteiger partial charge on any atom is 0.335 e. The van der Waals surface area contributed by atoms with E-state index in [1.807, 2.05) is 30.3 Å². The summed E-state index contributed by atoms with van der Waals surface area (Å²) in [5, 5.41) is 12.9. The minimum absolute atomic E-state index is 0.190. The molecule has 0 unspecified atom stereocenters. The van der Waals surface area contributed by atoms with Gasteiger partial charge in [0.25, 0.3) is 5.89 Å². The van der Waals surface area contributed by atoms with Crippen molar-refractivity contribution in [2.75, 3.05) is 0 Å². The second kappa shape index (κ2) is 5.58. The Hall–Kier alpha value is -2.95. The first-order valence-corrected chi connectivity index (χ1v) is 6.42. The van der Waals surface area contributed by atoms with Crippen LogP contribution in [0, 0.1) is 0 Å². The average Bonchev–Trinajstić information content (AvgIpc) is 2.97. The molecule has 0 aliphatic rings. The molecule has 0 aliphatic heterocycles. The third kappa shape index (κ3) is 2.97. The number of nitrogens with zero attached hydrogens (tertiary/aromatic N) is 2. The van der Waals surface area contributed by atoms with Crippen LogP contribution in [-0.4, -0.2) is 21.2 Å². The molecule has 0 radical (unpaired) electrons. The highest BCUT2D eigenvalue weighted by molar-refractivity contribution is 5.88. The molecule has 0 atom stereocenters. The molecule has 0 aliphatic carbocycles. The summed E-state index contributed by atoms with van der Waals surface area (Å²) in [6, 6.07) is 16.3. The Bertz CT molecular complexity index is 766. The van der Waals surface area contributed by atoms with Crippen LogP contribution >= 0.6 is 0 Å². The highest BCUT2D eigenvalue weighted by Gasteiger charge is 2.11. The molecule has 3 aromatic rings. The summed E-state index contributed by atoms with van der Waals surface area (Å²) in [7, 11) is 0. The van der Waals surface area contributed by atoms with Gasteiger partial charge in [-0.05, 0) is 23.8 Å². The maximum absolute atomic E-state index is 11.0. The molecule has 104 valence electrons. The number of carbonyl (C=O) groups is 1. The Labute approximate surface area is 120 Å². The average molecular weight is 280 g/mol. The molecule has 0 fully saturated rings. The third-order valence-electron chi connectivity index (χ3n) is 3.03. The van der Waals surface area contributed by atoms with E-state index in [-0.39, 0.29) is 5.56 Å². The zero-order valence-corrected chi connectivity index (χ0v) is 11.1. The van der Waals surface area contributed by atoms with Gasteiger partial charge >= 0.3 is 5.97 Å². The van der Waals surface area contributed by atoms with Crippen molar-refractivity contribution in [1.29, 1.82) is 0 Å². The van der Waals surface area contributed by atoms with Crippen LogP contribution in [0.15, 0.2) is 59.1 Å². The molecule has 0 amide bonds. The van der Waals surface area contributed by atoms with Gasteiger partial charge in [-0.3, -0.25) is 0 Å². The normalized spacial score (nSPS) is 10.5. The Morgan fingerprint density at radius 2 is 1.90 bits per heavy atom. The van der Waals surface area contributed by atoms with E-state index in [1.165, 1.54) is 12.1 Å².